The van der Waals surface area contributed by atoms with E-state index in [9.17, 15) is 4.79 Å². The molecule has 150 valence electrons. The fourth-order valence-corrected chi connectivity index (χ4v) is 4.02. The van der Waals surface area contributed by atoms with Crippen LogP contribution in [0.3, 0.4) is 0 Å². The first-order valence-corrected chi connectivity index (χ1v) is 10.3. The molecule has 28 heavy (non-hydrogen) atoms. The zero-order valence-corrected chi connectivity index (χ0v) is 18.0. The third kappa shape index (κ3) is 3.88. The van der Waals surface area contributed by atoms with Gasteiger partial charge in [0.05, 0.1) is 25.0 Å². The van der Waals surface area contributed by atoms with Crippen LogP contribution in [0.1, 0.15) is 66.6 Å². The van der Waals surface area contributed by atoms with Crippen LogP contribution in [-0.2, 0) is 11.2 Å². The average Bonchev–Trinajstić information content (AvgIpc) is 2.67. The molecule has 4 nitrogen and oxygen atoms in total. The molecule has 2 aromatic rings. The first-order valence-electron chi connectivity index (χ1n) is 9.92. The molecule has 0 saturated carbocycles. The van der Waals surface area contributed by atoms with Gasteiger partial charge < -0.3 is 9.47 Å². The number of rotatable bonds is 6. The van der Waals surface area contributed by atoms with Gasteiger partial charge >= 0.3 is 5.97 Å². The van der Waals surface area contributed by atoms with Gasteiger partial charge in [0.15, 0.2) is 0 Å². The van der Waals surface area contributed by atoms with E-state index in [2.05, 4.69) is 44.8 Å². The van der Waals surface area contributed by atoms with Gasteiger partial charge in [0.1, 0.15) is 10.9 Å². The standard InChI is InChI=1S/C23H28ClNO3/c1-6-7-8-28-20-11-15-10-16(13(2)3)18-12-19(23(26)27-5)22(24)25-21(18)17(15)9-14(20)4/h9,11-13,16H,6-8,10H2,1-5H3. The zero-order valence-electron chi connectivity index (χ0n) is 17.3. The molecule has 1 atom stereocenters. The summed E-state index contributed by atoms with van der Waals surface area (Å²) in [6, 6.07) is 6.15. The van der Waals surface area contributed by atoms with Crippen molar-refractivity contribution >= 4 is 17.6 Å². The van der Waals surface area contributed by atoms with Crippen molar-refractivity contribution < 1.29 is 14.3 Å². The van der Waals surface area contributed by atoms with E-state index in [1.165, 1.54) is 12.7 Å². The highest BCUT2D eigenvalue weighted by Crippen LogP contribution is 2.45. The molecule has 1 heterocycles. The SMILES string of the molecule is CCCCOc1cc2c(cc1C)-c1nc(Cl)c(C(=O)OC)cc1C(C(C)C)C2. The molecule has 0 saturated heterocycles. The molecule has 0 bridgehead atoms. The predicted octanol–water partition coefficient (Wildman–Crippen LogP) is 5.97. The second kappa shape index (κ2) is 8.52. The molecule has 0 fully saturated rings. The highest BCUT2D eigenvalue weighted by Gasteiger charge is 2.31. The summed E-state index contributed by atoms with van der Waals surface area (Å²) in [7, 11) is 1.36. The van der Waals surface area contributed by atoms with Gasteiger partial charge in [-0.2, -0.15) is 0 Å². The normalized spacial score (nSPS) is 15.2. The topological polar surface area (TPSA) is 48.4 Å². The lowest BCUT2D eigenvalue weighted by atomic mass is 9.75. The van der Waals surface area contributed by atoms with Gasteiger partial charge in [-0.1, -0.05) is 38.8 Å². The Morgan fingerprint density at radius 1 is 1.32 bits per heavy atom. The van der Waals surface area contributed by atoms with Gasteiger partial charge in [-0.25, -0.2) is 9.78 Å². The third-order valence-electron chi connectivity index (χ3n) is 5.47. The van der Waals surface area contributed by atoms with Crippen LogP contribution in [0.15, 0.2) is 18.2 Å². The van der Waals surface area contributed by atoms with Crippen molar-refractivity contribution in [2.24, 2.45) is 5.92 Å². The second-order valence-electron chi connectivity index (χ2n) is 7.79. The van der Waals surface area contributed by atoms with Crippen LogP contribution < -0.4 is 4.74 Å². The van der Waals surface area contributed by atoms with Crippen molar-refractivity contribution in [2.45, 2.75) is 52.9 Å². The van der Waals surface area contributed by atoms with Crippen LogP contribution in [-0.4, -0.2) is 24.7 Å². The summed E-state index contributed by atoms with van der Waals surface area (Å²) in [4.78, 5) is 16.7. The van der Waals surface area contributed by atoms with Gasteiger partial charge in [0.2, 0.25) is 0 Å². The molecular formula is C23H28ClNO3. The van der Waals surface area contributed by atoms with E-state index in [4.69, 9.17) is 21.1 Å². The number of fused-ring (bicyclic) bond motifs is 3. The summed E-state index contributed by atoms with van der Waals surface area (Å²) >= 11 is 6.35. The van der Waals surface area contributed by atoms with E-state index in [0.717, 1.165) is 54.0 Å². The summed E-state index contributed by atoms with van der Waals surface area (Å²) in [5.41, 5.74) is 5.63. The van der Waals surface area contributed by atoms with Crippen molar-refractivity contribution in [1.29, 1.82) is 0 Å². The minimum absolute atomic E-state index is 0.182. The van der Waals surface area contributed by atoms with E-state index >= 15 is 0 Å². The number of pyridine rings is 1. The molecular weight excluding hydrogens is 374 g/mol. The van der Waals surface area contributed by atoms with Gasteiger partial charge in [-0.05, 0) is 66.5 Å². The zero-order chi connectivity index (χ0) is 20.4. The van der Waals surface area contributed by atoms with Gasteiger partial charge in [-0.15, -0.1) is 0 Å². The third-order valence-corrected chi connectivity index (χ3v) is 5.75. The number of unbranched alkanes of at least 4 members (excludes halogenated alkanes) is 1. The molecule has 1 aliphatic rings. The number of methoxy groups -OCH3 is 1. The lowest BCUT2D eigenvalue weighted by molar-refractivity contribution is 0.0600. The number of nitrogens with zero attached hydrogens (tertiary/aromatic N) is 1. The Labute approximate surface area is 172 Å². The molecule has 0 radical (unpaired) electrons. The Morgan fingerprint density at radius 2 is 2.07 bits per heavy atom. The maximum atomic E-state index is 12.1. The first-order chi connectivity index (χ1) is 13.4. The van der Waals surface area contributed by atoms with Crippen LogP contribution in [0, 0.1) is 12.8 Å². The lowest BCUT2D eigenvalue weighted by Gasteiger charge is -2.31. The fraction of sp³-hybridized carbons (Fsp3) is 0.478. The second-order valence-corrected chi connectivity index (χ2v) is 8.15. The molecule has 1 unspecified atom stereocenters. The van der Waals surface area contributed by atoms with Gasteiger partial charge in [0, 0.05) is 5.56 Å². The van der Waals surface area contributed by atoms with Crippen molar-refractivity contribution in [1.82, 2.24) is 4.98 Å². The summed E-state index contributed by atoms with van der Waals surface area (Å²) in [5, 5.41) is 0.182. The van der Waals surface area contributed by atoms with Crippen LogP contribution in [0.5, 0.6) is 5.75 Å². The summed E-state index contributed by atoms with van der Waals surface area (Å²) in [5.74, 6) is 1.13. The summed E-state index contributed by atoms with van der Waals surface area (Å²) < 4.78 is 10.9. The van der Waals surface area contributed by atoms with Crippen LogP contribution >= 0.6 is 11.6 Å². The van der Waals surface area contributed by atoms with E-state index in [1.54, 1.807) is 0 Å². The predicted molar refractivity (Wildman–Crippen MR) is 112 cm³/mol. The summed E-state index contributed by atoms with van der Waals surface area (Å²) in [6.07, 6.45) is 3.04. The van der Waals surface area contributed by atoms with E-state index in [0.29, 0.717) is 11.5 Å². The number of esters is 1. The largest absolute Gasteiger partial charge is 0.493 e. The minimum Gasteiger partial charge on any atom is -0.493 e. The average molecular weight is 402 g/mol. The van der Waals surface area contributed by atoms with Gasteiger partial charge in [0.25, 0.3) is 0 Å². The Morgan fingerprint density at radius 3 is 2.71 bits per heavy atom. The van der Waals surface area contributed by atoms with Crippen molar-refractivity contribution in [2.75, 3.05) is 13.7 Å². The molecule has 0 amide bonds. The molecule has 0 N–H and O–H groups in total. The van der Waals surface area contributed by atoms with E-state index in [-0.39, 0.29) is 11.1 Å². The van der Waals surface area contributed by atoms with Crippen molar-refractivity contribution in [3.8, 4) is 17.0 Å². The van der Waals surface area contributed by atoms with E-state index < -0.39 is 5.97 Å². The van der Waals surface area contributed by atoms with Crippen molar-refractivity contribution in [3.63, 3.8) is 0 Å². The number of ether oxygens (including phenoxy) is 2. The van der Waals surface area contributed by atoms with Crippen LogP contribution in [0.4, 0.5) is 0 Å². The number of hydrogen-bond acceptors (Lipinski definition) is 4. The molecule has 1 aliphatic carbocycles. The monoisotopic (exact) mass is 401 g/mol. The number of carbonyl (C=O) groups excluding carboxylic acids is 1. The number of aryl methyl sites for hydroxylation is 1. The number of hydrogen-bond donors (Lipinski definition) is 0. The highest BCUT2D eigenvalue weighted by molar-refractivity contribution is 6.32. The first kappa shape index (κ1) is 20.7. The van der Waals surface area contributed by atoms with Crippen molar-refractivity contribution in [3.05, 3.63) is 45.6 Å². The number of carbonyl (C=O) groups is 1. The fourth-order valence-electron chi connectivity index (χ4n) is 3.80. The van der Waals surface area contributed by atoms with E-state index in [1.807, 2.05) is 6.07 Å². The smallest absolute Gasteiger partial charge is 0.341 e. The Hall–Kier alpha value is -2.07. The Balaban J connectivity index is 2.12. The Bertz CT molecular complexity index is 892. The molecule has 5 heteroatoms. The maximum absolute atomic E-state index is 12.1. The van der Waals surface area contributed by atoms with Gasteiger partial charge in [-0.3, -0.25) is 0 Å². The number of aromatic nitrogens is 1. The van der Waals surface area contributed by atoms with Crippen LogP contribution in [0.2, 0.25) is 5.15 Å². The highest BCUT2D eigenvalue weighted by atomic mass is 35.5. The van der Waals surface area contributed by atoms with Crippen LogP contribution in [0.25, 0.3) is 11.3 Å². The number of benzene rings is 1. The molecule has 0 spiro atoms. The number of halogens is 1. The minimum atomic E-state index is -0.454. The lowest BCUT2D eigenvalue weighted by Crippen LogP contribution is -2.19. The molecule has 0 aliphatic heterocycles. The maximum Gasteiger partial charge on any atom is 0.341 e. The molecule has 1 aromatic heterocycles. The quantitative estimate of drug-likeness (QED) is 0.340. The molecule has 3 rings (SSSR count). The Kier molecular flexibility index (Phi) is 6.29. The summed E-state index contributed by atoms with van der Waals surface area (Å²) in [6.45, 7) is 9.33. The molecule has 1 aromatic carbocycles.